The van der Waals surface area contributed by atoms with Crippen LogP contribution in [0.25, 0.3) is 11.0 Å². The minimum Gasteiger partial charge on any atom is -0.446 e. The van der Waals surface area contributed by atoms with Crippen LogP contribution in [0.3, 0.4) is 0 Å². The molecule has 1 saturated heterocycles. The molecular formula is C41H42F3N5O5S. The van der Waals surface area contributed by atoms with E-state index in [-0.39, 0.29) is 42.5 Å². The Morgan fingerprint density at radius 2 is 1.76 bits per heavy atom. The first-order chi connectivity index (χ1) is 26.1. The van der Waals surface area contributed by atoms with E-state index in [1.807, 2.05) is 88.4 Å². The fourth-order valence-electron chi connectivity index (χ4n) is 8.02. The molecule has 0 bridgehead atoms. The zero-order valence-corrected chi connectivity index (χ0v) is 32.0. The van der Waals surface area contributed by atoms with Crippen LogP contribution in [0.2, 0.25) is 0 Å². The zero-order valence-electron chi connectivity index (χ0n) is 31.2. The fraction of sp³-hybridized carbons (Fsp3) is 0.366. The highest BCUT2D eigenvalue weighted by Crippen LogP contribution is 2.41. The lowest BCUT2D eigenvalue weighted by molar-refractivity contribution is -0.137. The summed E-state index contributed by atoms with van der Waals surface area (Å²) in [4.78, 5) is 28.9. The molecule has 4 aromatic carbocycles. The molecule has 1 fully saturated rings. The van der Waals surface area contributed by atoms with Crippen molar-refractivity contribution in [1.29, 1.82) is 0 Å². The van der Waals surface area contributed by atoms with Crippen molar-refractivity contribution in [1.82, 2.24) is 24.2 Å². The van der Waals surface area contributed by atoms with Crippen molar-refractivity contribution in [3.05, 3.63) is 123 Å². The molecule has 4 atom stereocenters. The summed E-state index contributed by atoms with van der Waals surface area (Å²) in [6.45, 7) is 10.1. The lowest BCUT2D eigenvalue weighted by Gasteiger charge is -2.30. The highest BCUT2D eigenvalue weighted by molar-refractivity contribution is 7.89. The number of hydrogen-bond donors (Lipinski definition) is 0. The number of fused-ring (bicyclic) bond motifs is 2. The Bertz CT molecular complexity index is 2400. The Morgan fingerprint density at radius 1 is 1.02 bits per heavy atom. The summed E-state index contributed by atoms with van der Waals surface area (Å²) < 4.78 is 77.6. The van der Waals surface area contributed by atoms with Gasteiger partial charge in [-0.1, -0.05) is 73.7 Å². The van der Waals surface area contributed by atoms with E-state index in [4.69, 9.17) is 4.74 Å². The monoisotopic (exact) mass is 773 g/mol. The molecule has 7 rings (SSSR count). The van der Waals surface area contributed by atoms with Crippen LogP contribution in [-0.2, 0) is 45.2 Å². The second kappa shape index (κ2) is 14.5. The molecular weight excluding hydrogens is 732 g/mol. The van der Waals surface area contributed by atoms with E-state index in [1.165, 1.54) is 9.21 Å². The number of benzene rings is 4. The number of ether oxygens (including phenoxy) is 1. The number of aromatic nitrogens is 3. The van der Waals surface area contributed by atoms with E-state index in [0.717, 1.165) is 46.0 Å². The van der Waals surface area contributed by atoms with Crippen LogP contribution in [0.1, 0.15) is 77.2 Å². The number of amides is 2. The molecule has 0 radical (unpaired) electrons. The molecule has 14 heteroatoms. The Labute approximate surface area is 317 Å². The number of alkyl halides is 3. The topological polar surface area (TPSA) is 115 Å². The van der Waals surface area contributed by atoms with Gasteiger partial charge in [0.25, 0.3) is 0 Å². The van der Waals surface area contributed by atoms with Crippen LogP contribution in [0.15, 0.2) is 83.8 Å². The van der Waals surface area contributed by atoms with E-state index in [0.29, 0.717) is 23.2 Å². The van der Waals surface area contributed by atoms with Crippen molar-refractivity contribution in [2.75, 3.05) is 13.2 Å². The Morgan fingerprint density at radius 3 is 2.47 bits per heavy atom. The van der Waals surface area contributed by atoms with Gasteiger partial charge in [0.15, 0.2) is 0 Å². The maximum Gasteiger partial charge on any atom is 0.417 e. The summed E-state index contributed by atoms with van der Waals surface area (Å²) in [7, 11) is -4.19. The van der Waals surface area contributed by atoms with Crippen molar-refractivity contribution in [2.24, 2.45) is 11.8 Å². The Kier molecular flexibility index (Phi) is 10.1. The average molecular weight is 774 g/mol. The van der Waals surface area contributed by atoms with Crippen molar-refractivity contribution in [3.63, 3.8) is 0 Å². The van der Waals surface area contributed by atoms with E-state index in [1.54, 1.807) is 11.6 Å². The number of nitrogens with zero attached hydrogens (tertiary/aromatic N) is 5. The number of sulfonamides is 1. The molecule has 0 saturated carbocycles. The first-order valence-corrected chi connectivity index (χ1v) is 19.7. The predicted octanol–water partition coefficient (Wildman–Crippen LogP) is 7.96. The third-order valence-corrected chi connectivity index (χ3v) is 12.9. The summed E-state index contributed by atoms with van der Waals surface area (Å²) in [5.41, 5.74) is 5.32. The van der Waals surface area contributed by atoms with Gasteiger partial charge in [-0.25, -0.2) is 22.8 Å². The van der Waals surface area contributed by atoms with Crippen molar-refractivity contribution in [2.45, 2.75) is 77.2 Å². The molecule has 2 amide bonds. The number of halogens is 3. The van der Waals surface area contributed by atoms with Gasteiger partial charge in [-0.3, -0.25) is 4.79 Å². The Hall–Kier alpha value is -5.08. The molecule has 0 N–H and O–H groups in total. The highest BCUT2D eigenvalue weighted by Gasteiger charge is 2.43. The van der Waals surface area contributed by atoms with Crippen LogP contribution in [0, 0.1) is 25.7 Å². The third kappa shape index (κ3) is 7.01. The maximum atomic E-state index is 14.6. The molecule has 0 unspecified atom stereocenters. The quantitative estimate of drug-likeness (QED) is 0.157. The van der Waals surface area contributed by atoms with Crippen molar-refractivity contribution < 1.29 is 35.9 Å². The van der Waals surface area contributed by atoms with Crippen LogP contribution in [0.5, 0.6) is 0 Å². The van der Waals surface area contributed by atoms with Crippen molar-refractivity contribution >= 4 is 33.1 Å². The largest absolute Gasteiger partial charge is 0.446 e. The van der Waals surface area contributed by atoms with E-state index < -0.39 is 51.6 Å². The standard InChI is InChI=1S/C41H42F3N5O5S/c1-6-48-34-16-15-33(26(4)38(34)45-46-48)37(27(5)39(50)49-35(23-54-40(49)51)28-10-8-7-9-11-28)29-13-12-25(3)31(19-29)22-47-21-24(2)18-30-20-32(41(42,43)44)14-17-36(30)55(47,52)53/h7-17,19-20,24,27,35,37H,6,18,21-23H2,1-5H3/t24-,27+,35-,37-/m0/s1. The van der Waals surface area contributed by atoms with Gasteiger partial charge in [-0.05, 0) is 96.3 Å². The number of carbonyl (C=O) groups is 2. The molecule has 0 spiro atoms. The summed E-state index contributed by atoms with van der Waals surface area (Å²) >= 11 is 0. The number of rotatable bonds is 8. The number of imide groups is 1. The van der Waals surface area contributed by atoms with Gasteiger partial charge in [-0.15, -0.1) is 5.10 Å². The number of aryl methyl sites for hydroxylation is 3. The maximum absolute atomic E-state index is 14.6. The lowest BCUT2D eigenvalue weighted by atomic mass is 9.78. The number of carbonyl (C=O) groups excluding carboxylic acids is 2. The van der Waals surface area contributed by atoms with E-state index in [9.17, 15) is 31.2 Å². The van der Waals surface area contributed by atoms with Crippen LogP contribution in [-0.4, -0.2) is 57.8 Å². The number of cyclic esters (lactones) is 1. The van der Waals surface area contributed by atoms with Gasteiger partial charge in [-0.2, -0.15) is 17.5 Å². The molecule has 1 aromatic heterocycles. The highest BCUT2D eigenvalue weighted by atomic mass is 32.2. The fourth-order valence-corrected chi connectivity index (χ4v) is 9.78. The molecule has 0 aliphatic carbocycles. The first kappa shape index (κ1) is 38.2. The molecule has 288 valence electrons. The molecule has 2 aliphatic heterocycles. The summed E-state index contributed by atoms with van der Waals surface area (Å²) in [5, 5.41) is 8.76. The van der Waals surface area contributed by atoms with E-state index in [2.05, 4.69) is 10.3 Å². The minimum atomic E-state index is -4.60. The normalized spacial score (nSPS) is 19.9. The van der Waals surface area contributed by atoms with E-state index >= 15 is 0 Å². The van der Waals surface area contributed by atoms with Crippen LogP contribution < -0.4 is 0 Å². The third-order valence-electron chi connectivity index (χ3n) is 11.0. The first-order valence-electron chi connectivity index (χ1n) is 18.3. The summed E-state index contributed by atoms with van der Waals surface area (Å²) in [6, 6.07) is 21.0. The molecule has 3 heterocycles. The summed E-state index contributed by atoms with van der Waals surface area (Å²) in [6.07, 6.45) is -5.16. The van der Waals surface area contributed by atoms with Gasteiger partial charge in [0.05, 0.1) is 16.0 Å². The Balaban J connectivity index is 1.30. The smallest absolute Gasteiger partial charge is 0.417 e. The van der Waals surface area contributed by atoms with Gasteiger partial charge >= 0.3 is 12.3 Å². The SMILES string of the molecule is CCn1nnc2c(C)c([C@H](c3ccc(C)c(CN4C[C@@H](C)Cc5cc(C(F)(F)F)ccc5S4(=O)=O)c3)[C@@H](C)C(=O)N3C(=O)OC[C@H]3c3ccccc3)ccc21. The second-order valence-electron chi connectivity index (χ2n) is 14.6. The van der Waals surface area contributed by atoms with Crippen LogP contribution in [0.4, 0.5) is 18.0 Å². The zero-order chi connectivity index (χ0) is 39.4. The van der Waals surface area contributed by atoms with Crippen molar-refractivity contribution in [3.8, 4) is 0 Å². The van der Waals surface area contributed by atoms with Gasteiger partial charge < -0.3 is 4.74 Å². The average Bonchev–Trinajstić information content (AvgIpc) is 3.74. The molecule has 2 aliphatic rings. The van der Waals surface area contributed by atoms with Gasteiger partial charge in [0.2, 0.25) is 15.9 Å². The van der Waals surface area contributed by atoms with Gasteiger partial charge in [0.1, 0.15) is 18.2 Å². The summed E-state index contributed by atoms with van der Waals surface area (Å²) in [5.74, 6) is -2.12. The second-order valence-corrected chi connectivity index (χ2v) is 16.6. The minimum absolute atomic E-state index is 0.0230. The molecule has 5 aromatic rings. The predicted molar refractivity (Wildman–Crippen MR) is 199 cm³/mol. The molecule has 10 nitrogen and oxygen atoms in total. The van der Waals surface area contributed by atoms with Gasteiger partial charge in [0, 0.05) is 31.5 Å². The lowest BCUT2D eigenvalue weighted by Crippen LogP contribution is -2.40. The molecule has 55 heavy (non-hydrogen) atoms. The van der Waals surface area contributed by atoms with Crippen LogP contribution >= 0.6 is 0 Å². The number of hydrogen-bond acceptors (Lipinski definition) is 7.